The van der Waals surface area contributed by atoms with Crippen LogP contribution in [0.3, 0.4) is 0 Å². The molecule has 35 heteroatoms. The van der Waals surface area contributed by atoms with Crippen molar-refractivity contribution in [2.24, 2.45) is 0 Å². The Bertz CT molecular complexity index is 4830. The van der Waals surface area contributed by atoms with Gasteiger partial charge in [-0.25, -0.2) is 47.3 Å². The number of allylic oxidation sites excluding steroid dienone is 1. The molecule has 0 bridgehead atoms. The minimum atomic E-state index is -0.892. The summed E-state index contributed by atoms with van der Waals surface area (Å²) in [6.07, 6.45) is 13.3. The number of carboxylic acids is 1. The number of nitrogens with two attached hydrogens (primary N) is 4. The van der Waals surface area contributed by atoms with Crippen LogP contribution in [-0.4, -0.2) is 147 Å². The molecule has 4 heterocycles. The predicted octanol–water partition coefficient (Wildman–Crippen LogP) is 23.2. The fourth-order valence-electron chi connectivity index (χ4n) is 8.42. The number of aliphatic carboxylic acids is 1. The predicted molar refractivity (Wildman–Crippen MR) is 527 cm³/mol. The Labute approximate surface area is 762 Å². The highest BCUT2D eigenvalue weighted by molar-refractivity contribution is 6.66. The number of benzene rings is 7. The van der Waals surface area contributed by atoms with Crippen LogP contribution in [0.1, 0.15) is 90.5 Å². The van der Waals surface area contributed by atoms with Crippen LogP contribution in [0.4, 0.5) is 104 Å². The van der Waals surface area contributed by atoms with Crippen LogP contribution in [0.5, 0.6) is 0 Å². The van der Waals surface area contributed by atoms with E-state index < -0.39 is 34.5 Å². The van der Waals surface area contributed by atoms with Crippen LogP contribution in [0, 0.1) is 51.0 Å². The number of rotatable bonds is 20. The first-order valence-corrected chi connectivity index (χ1v) is 35.4. The minimum Gasteiger partial charge on any atom is -0.478 e. The maximum absolute atomic E-state index is 14.2. The van der Waals surface area contributed by atoms with Crippen LogP contribution in [-0.2, 0) is 14.4 Å². The third-order valence-electron chi connectivity index (χ3n) is 13.4. The second-order valence-electron chi connectivity index (χ2n) is 24.5. The van der Waals surface area contributed by atoms with E-state index in [4.69, 9.17) is 74.4 Å². The third-order valence-corrected chi connectivity index (χ3v) is 14.1. The van der Waals surface area contributed by atoms with Crippen molar-refractivity contribution in [1.82, 2.24) is 54.6 Å². The number of carboxylic acid groups (broad SMARTS) is 1. The van der Waals surface area contributed by atoms with Crippen LogP contribution >= 0.6 is 58.8 Å². The number of halogens is 9. The maximum Gasteiger partial charge on any atom is 0.328 e. The average Bonchev–Trinajstić information content (AvgIpc) is 0.834. The van der Waals surface area contributed by atoms with Gasteiger partial charge in [-0.2, -0.15) is 15.0 Å². The number of hydrogen-bond donors (Lipinski definition) is 11. The van der Waals surface area contributed by atoms with Crippen LogP contribution in [0.25, 0.3) is 0 Å². The Morgan fingerprint density at radius 1 is 0.395 bits per heavy atom. The first-order chi connectivity index (χ1) is 53.7. The lowest BCUT2D eigenvalue weighted by Crippen LogP contribution is -2.13. The first-order valence-electron chi connectivity index (χ1n) is 33.8. The monoisotopic (exact) mass is 1820 g/mol. The van der Waals surface area contributed by atoms with Crippen LogP contribution in [0.2, 0.25) is 15.7 Å². The van der Waals surface area contributed by atoms with Crippen LogP contribution < -0.4 is 54.8 Å². The van der Waals surface area contributed by atoms with E-state index in [-0.39, 0.29) is 140 Å². The van der Waals surface area contributed by atoms with Crippen molar-refractivity contribution in [2.75, 3.05) is 117 Å². The van der Waals surface area contributed by atoms with Gasteiger partial charge in [-0.1, -0.05) is 163 Å². The van der Waals surface area contributed by atoms with Gasteiger partial charge in [0.15, 0.2) is 45.9 Å². The molecule has 4 aromatic heterocycles. The van der Waals surface area contributed by atoms with Gasteiger partial charge in [-0.3, -0.25) is 9.59 Å². The average molecular weight is 1820 g/mol. The molecule has 0 unspecified atom stereocenters. The number of carbonyl (C=O) groups is 3. The quantitative estimate of drug-likeness (QED) is 0.00642. The Kier molecular flexibility index (Phi) is 71.5. The molecule has 11 aromatic rings. The minimum absolute atomic E-state index is 0. The van der Waals surface area contributed by atoms with Gasteiger partial charge in [0.2, 0.25) is 33.6 Å². The molecule has 679 valence electrons. The number of carbonyl (C=O) groups excluding carboxylic acids is 2. The molecular weight excluding hydrogens is 1690 g/mol. The number of anilines is 15. The zero-order chi connectivity index (χ0) is 83.4. The molecule has 25 nitrogen and oxygen atoms in total. The lowest BCUT2D eigenvalue weighted by atomic mass is 10.2. The lowest BCUT2D eigenvalue weighted by Gasteiger charge is -2.11. The van der Waals surface area contributed by atoms with Crippen molar-refractivity contribution in [3.05, 3.63) is 292 Å². The number of likely N-dealkylation sites (N-methyl/N-ethyl adjacent to an activating group) is 3. The molecule has 124 heavy (non-hydrogen) atoms. The number of nitrogens with one attached hydrogen (secondary N) is 6. The molecular formula is C89H128BCl5F4N21O4. The molecule has 0 aliphatic heterocycles. The number of amides is 1. The highest BCUT2D eigenvalue weighted by Gasteiger charge is 2.12. The van der Waals surface area contributed by atoms with E-state index in [9.17, 15) is 31.9 Å². The Morgan fingerprint density at radius 2 is 0.694 bits per heavy atom. The summed E-state index contributed by atoms with van der Waals surface area (Å²) in [7, 11) is 11.5. The first kappa shape index (κ1) is 128. The summed E-state index contributed by atoms with van der Waals surface area (Å²) in [5, 5.41) is 25.0. The molecule has 0 fully saturated rings. The summed E-state index contributed by atoms with van der Waals surface area (Å²) < 4.78 is 53.6. The SMILES string of the molecule is C.C.C.C.C.C.C.C.C.CN(C)C/C=C/C(=O)Cl.CN(C)C/C=C/C(=O)O.Cc1cccc(N)c1.Cc1cccc(Nc2nc(Cl)ncc2F)c1.Cc1cccc(Nc2nc(Nc3cccc(N)c3)ncc2F)c1.Cc1cccc(Nc2nc(Nc3cccc(NC(=O)/C=C/CN(C)C)c3)ncc2F)c1.Cl.Fc1cnc(Cl)nc1Cl.Nc1cccc(N)c1.[2HH].[B]. The lowest BCUT2D eigenvalue weighted by molar-refractivity contribution is -0.131. The number of hydrogen-bond acceptors (Lipinski definition) is 23. The van der Waals surface area contributed by atoms with Gasteiger partial charge >= 0.3 is 5.97 Å². The molecule has 7 aromatic carbocycles. The van der Waals surface area contributed by atoms with Crippen molar-refractivity contribution in [3.63, 3.8) is 0 Å². The topological polar surface area (TPSA) is 361 Å². The number of nitrogen functional groups attached to an aromatic ring is 4. The van der Waals surface area contributed by atoms with Gasteiger partial charge in [0.05, 0.1) is 24.8 Å². The standard InChI is InChI=1S/C23H25FN6O.C17H16FN5.C11H9ClFN3.C7H9N.C6H10ClNO.C6H8N2.C6H11NO2.C4HCl2FN2.9CH4.B.ClH.H2/c1-16-7-4-8-17(13-16)27-22-20(24)15-25-23(29-22)28-19-10-5-9-18(14-19)26-21(31)11-6-12-30(2)3;1-11-4-2-6-13(8-11)21-16-15(18)10-20-17(23-16)22-14-7-3-5-12(19)9-14;1-7-3-2-4-8(5-7)15-10-9(13)6-14-11(12)16-10;1-6-3-2-4-7(8)5-6;1-8(2)5-3-4-6(7)9;7-5-2-1-3-6(8)4-5;1-7(2)5-3-4-6(8)9;5-3-2(7)1-8-4(6)9-3;;;;;;;;;;;;/h4-11,13-15H,12H2,1-3H3,(H,26,31)(H2,25,27,28,29);2-10H,19H2,1H3,(H2,20,21,22,23);2-6H,1H3,(H,14,15,16);2-5H,8H2,1H3;3-4H,5H2,1-2H3;1-4H,7-8H2;3-4H,5H2,1-2H3,(H,8,9);1H;9*1H4;;2*1H/b11-6+;;;;4-3+;;4-3+;;;;;;;;;;;;;/i;;;;;;;;;;;;;;;;;;;1+1. The van der Waals surface area contributed by atoms with E-state index in [2.05, 4.69) is 71.8 Å². The van der Waals surface area contributed by atoms with Gasteiger partial charge in [0, 0.05) is 98.5 Å². The summed E-state index contributed by atoms with van der Waals surface area (Å²) in [4.78, 5) is 68.1. The van der Waals surface area contributed by atoms with E-state index in [0.717, 1.165) is 82.5 Å². The summed E-state index contributed by atoms with van der Waals surface area (Å²) in [6, 6.07) is 52.0. The van der Waals surface area contributed by atoms with E-state index in [1.54, 1.807) is 72.8 Å². The van der Waals surface area contributed by atoms with E-state index in [1.165, 1.54) is 17.7 Å². The molecule has 0 aliphatic carbocycles. The summed E-state index contributed by atoms with van der Waals surface area (Å²) in [5.74, 6) is -2.63. The van der Waals surface area contributed by atoms with Crippen LogP contribution in [0.15, 0.2) is 231 Å². The summed E-state index contributed by atoms with van der Waals surface area (Å²) in [6.45, 7) is 10.00. The van der Waals surface area contributed by atoms with Crippen molar-refractivity contribution in [2.45, 2.75) is 94.5 Å². The van der Waals surface area contributed by atoms with Crippen molar-refractivity contribution < 1.29 is 38.5 Å². The molecule has 0 atom stereocenters. The largest absolute Gasteiger partial charge is 0.478 e. The Hall–Kier alpha value is -12.0. The van der Waals surface area contributed by atoms with Crippen molar-refractivity contribution in [1.29, 1.82) is 0 Å². The summed E-state index contributed by atoms with van der Waals surface area (Å²) in [5.41, 5.74) is 33.5. The summed E-state index contributed by atoms with van der Waals surface area (Å²) >= 11 is 21.0. The number of aryl methyl sites for hydroxylation is 4. The molecule has 0 spiro atoms. The molecule has 0 saturated heterocycles. The van der Waals surface area contributed by atoms with Crippen molar-refractivity contribution in [3.8, 4) is 0 Å². The molecule has 0 aliphatic rings. The molecule has 0 saturated carbocycles. The second kappa shape index (κ2) is 69.5. The van der Waals surface area contributed by atoms with Crippen molar-refractivity contribution >= 4 is 171 Å². The zero-order valence-electron chi connectivity index (χ0n) is 64.5. The van der Waals surface area contributed by atoms with Gasteiger partial charge < -0.3 is 74.6 Å². The Balaban J connectivity index is -0.000000183. The fraction of sp³-hybridized carbons (Fsp3) is 0.247. The number of nitrogens with zero attached hydrogens (tertiary/aromatic N) is 11. The van der Waals surface area contributed by atoms with Gasteiger partial charge in [-0.15, -0.1) is 12.4 Å². The van der Waals surface area contributed by atoms with Gasteiger partial charge in [0.1, 0.15) is 0 Å². The normalized spacial score (nSPS) is 9.46. The maximum atomic E-state index is 14.2. The smallest absolute Gasteiger partial charge is 0.328 e. The third kappa shape index (κ3) is 56.6. The zero-order valence-corrected chi connectivity index (χ0v) is 68.3. The van der Waals surface area contributed by atoms with E-state index >= 15 is 0 Å². The molecule has 11 rings (SSSR count). The highest BCUT2D eigenvalue weighted by Crippen LogP contribution is 2.26. The second-order valence-corrected chi connectivity index (χ2v) is 25.9. The van der Waals surface area contributed by atoms with E-state index in [0.29, 0.717) is 41.5 Å². The van der Waals surface area contributed by atoms with Gasteiger partial charge in [-0.05, 0) is 236 Å². The van der Waals surface area contributed by atoms with Gasteiger partial charge in [0.25, 0.3) is 0 Å². The molecule has 1 amide bonds. The highest BCUT2D eigenvalue weighted by atomic mass is 35.5. The molecule has 15 N–H and O–H groups in total. The molecule has 3 radical (unpaired) electrons. The fourth-order valence-corrected chi connectivity index (χ4v) is 8.95. The Morgan fingerprint density at radius 3 is 1.02 bits per heavy atom. The number of aromatic nitrogens is 8. The van der Waals surface area contributed by atoms with E-state index in [1.807, 2.05) is 200 Å².